The number of methoxy groups -OCH3 is 1. The lowest BCUT2D eigenvalue weighted by atomic mass is 10.0. The van der Waals surface area contributed by atoms with Gasteiger partial charge in [0.05, 0.1) is 13.0 Å². The zero-order valence-corrected chi connectivity index (χ0v) is 14.6. The van der Waals surface area contributed by atoms with Crippen LogP contribution in [0.2, 0.25) is 0 Å². The molecule has 0 aliphatic carbocycles. The summed E-state index contributed by atoms with van der Waals surface area (Å²) in [6.07, 6.45) is 0.933. The summed E-state index contributed by atoms with van der Waals surface area (Å²) in [5.74, 6) is 1.12. The van der Waals surface area contributed by atoms with Crippen LogP contribution in [0.3, 0.4) is 0 Å². The van der Waals surface area contributed by atoms with Gasteiger partial charge < -0.3 is 15.4 Å². The van der Waals surface area contributed by atoms with Gasteiger partial charge in [-0.2, -0.15) is 0 Å². The molecule has 0 aromatic heterocycles. The first-order chi connectivity index (χ1) is 11.3. The van der Waals surface area contributed by atoms with Gasteiger partial charge in [-0.25, -0.2) is 0 Å². The lowest BCUT2D eigenvalue weighted by Gasteiger charge is -2.10. The Labute approximate surface area is 149 Å². The third kappa shape index (κ3) is 4.49. The predicted octanol–water partition coefficient (Wildman–Crippen LogP) is 3.01. The maximum atomic E-state index is 12.0. The lowest BCUT2D eigenvalue weighted by Crippen LogP contribution is -2.31. The Bertz CT molecular complexity index is 650. The van der Waals surface area contributed by atoms with Crippen LogP contribution in [-0.2, 0) is 11.3 Å². The zero-order valence-electron chi connectivity index (χ0n) is 13.7. The zero-order chi connectivity index (χ0) is 16.1. The minimum Gasteiger partial charge on any atom is -0.497 e. The van der Waals surface area contributed by atoms with Crippen molar-refractivity contribution in [1.29, 1.82) is 0 Å². The second-order valence-electron chi connectivity index (χ2n) is 5.83. The molecule has 1 amide bonds. The number of amides is 1. The van der Waals surface area contributed by atoms with Crippen molar-refractivity contribution in [3.63, 3.8) is 0 Å². The molecule has 1 aliphatic rings. The average molecular weight is 347 g/mol. The molecule has 1 atom stereocenters. The summed E-state index contributed by atoms with van der Waals surface area (Å²) in [4.78, 5) is 12.0. The molecule has 1 fully saturated rings. The first-order valence-corrected chi connectivity index (χ1v) is 7.98. The van der Waals surface area contributed by atoms with Crippen molar-refractivity contribution in [3.05, 3.63) is 54.1 Å². The standard InChI is InChI=1S/C19H22N2O2.ClH/c1-23-18-8-6-16(7-9-18)15-4-2-14(3-5-15)12-21-19(22)17-10-11-20-13-17;/h2-9,17,20H,10-13H2,1H3,(H,21,22);1H. The smallest absolute Gasteiger partial charge is 0.224 e. The third-order valence-corrected chi connectivity index (χ3v) is 4.28. The van der Waals surface area contributed by atoms with E-state index in [1.54, 1.807) is 7.11 Å². The number of nitrogens with one attached hydrogen (secondary N) is 2. The van der Waals surface area contributed by atoms with Crippen LogP contribution in [0.15, 0.2) is 48.5 Å². The Hall–Kier alpha value is -2.04. The predicted molar refractivity (Wildman–Crippen MR) is 98.5 cm³/mol. The Morgan fingerprint density at radius 1 is 1.12 bits per heavy atom. The number of carbonyl (C=O) groups excluding carboxylic acids is 1. The number of rotatable bonds is 5. The second kappa shape index (κ2) is 8.71. The first-order valence-electron chi connectivity index (χ1n) is 7.98. The van der Waals surface area contributed by atoms with Crippen molar-refractivity contribution in [1.82, 2.24) is 10.6 Å². The van der Waals surface area contributed by atoms with Gasteiger partial charge in [-0.1, -0.05) is 36.4 Å². The highest BCUT2D eigenvalue weighted by Crippen LogP contribution is 2.22. The molecule has 0 bridgehead atoms. The van der Waals surface area contributed by atoms with Crippen LogP contribution in [-0.4, -0.2) is 26.1 Å². The highest BCUT2D eigenvalue weighted by atomic mass is 35.5. The van der Waals surface area contributed by atoms with Crippen molar-refractivity contribution in [2.45, 2.75) is 13.0 Å². The van der Waals surface area contributed by atoms with E-state index in [2.05, 4.69) is 34.9 Å². The van der Waals surface area contributed by atoms with Gasteiger partial charge in [0.25, 0.3) is 0 Å². The molecule has 1 unspecified atom stereocenters. The number of halogens is 1. The summed E-state index contributed by atoms with van der Waals surface area (Å²) in [6, 6.07) is 16.3. The fourth-order valence-corrected chi connectivity index (χ4v) is 2.81. The monoisotopic (exact) mass is 346 g/mol. The third-order valence-electron chi connectivity index (χ3n) is 4.28. The molecular formula is C19H23ClN2O2. The molecule has 0 saturated carbocycles. The van der Waals surface area contributed by atoms with Gasteiger partial charge in [0, 0.05) is 13.1 Å². The number of carbonyl (C=O) groups is 1. The van der Waals surface area contributed by atoms with Gasteiger partial charge in [0.1, 0.15) is 5.75 Å². The molecule has 128 valence electrons. The number of hydrogen-bond acceptors (Lipinski definition) is 3. The summed E-state index contributed by atoms with van der Waals surface area (Å²) in [5, 5.41) is 6.24. The van der Waals surface area contributed by atoms with E-state index in [0.29, 0.717) is 6.54 Å². The van der Waals surface area contributed by atoms with Gasteiger partial charge in [0.15, 0.2) is 0 Å². The molecule has 1 saturated heterocycles. The Kier molecular flexibility index (Phi) is 6.64. The van der Waals surface area contributed by atoms with Crippen molar-refractivity contribution >= 4 is 18.3 Å². The van der Waals surface area contributed by atoms with E-state index in [1.165, 1.54) is 0 Å². The molecule has 3 rings (SSSR count). The van der Waals surface area contributed by atoms with E-state index < -0.39 is 0 Å². The van der Waals surface area contributed by atoms with E-state index in [-0.39, 0.29) is 24.2 Å². The molecule has 24 heavy (non-hydrogen) atoms. The maximum Gasteiger partial charge on any atom is 0.224 e. The van der Waals surface area contributed by atoms with E-state index in [4.69, 9.17) is 4.74 Å². The minimum atomic E-state index is 0. The summed E-state index contributed by atoms with van der Waals surface area (Å²) in [5.41, 5.74) is 3.42. The van der Waals surface area contributed by atoms with Gasteiger partial charge in [0.2, 0.25) is 5.91 Å². The molecule has 2 N–H and O–H groups in total. The molecule has 1 heterocycles. The fourth-order valence-electron chi connectivity index (χ4n) is 2.81. The van der Waals surface area contributed by atoms with Gasteiger partial charge in [-0.05, 0) is 41.8 Å². The van der Waals surface area contributed by atoms with E-state index in [9.17, 15) is 4.79 Å². The Morgan fingerprint density at radius 3 is 2.29 bits per heavy atom. The lowest BCUT2D eigenvalue weighted by molar-refractivity contribution is -0.124. The van der Waals surface area contributed by atoms with Crippen LogP contribution in [0, 0.1) is 5.92 Å². The van der Waals surface area contributed by atoms with E-state index in [1.807, 2.05) is 24.3 Å². The topological polar surface area (TPSA) is 50.4 Å². The molecule has 5 heteroatoms. The molecule has 4 nitrogen and oxygen atoms in total. The maximum absolute atomic E-state index is 12.0. The van der Waals surface area contributed by atoms with E-state index in [0.717, 1.165) is 42.0 Å². The first kappa shape index (κ1) is 18.3. The molecule has 0 spiro atoms. The Morgan fingerprint density at radius 2 is 1.75 bits per heavy atom. The van der Waals surface area contributed by atoms with E-state index >= 15 is 0 Å². The van der Waals surface area contributed by atoms with Gasteiger partial charge in [-0.15, -0.1) is 12.4 Å². The largest absolute Gasteiger partial charge is 0.497 e. The summed E-state index contributed by atoms with van der Waals surface area (Å²) in [7, 11) is 1.67. The van der Waals surface area contributed by atoms with Gasteiger partial charge in [-0.3, -0.25) is 4.79 Å². The van der Waals surface area contributed by atoms with Crippen molar-refractivity contribution in [3.8, 4) is 16.9 Å². The van der Waals surface area contributed by atoms with Crippen LogP contribution in [0.4, 0.5) is 0 Å². The van der Waals surface area contributed by atoms with Crippen LogP contribution < -0.4 is 15.4 Å². The van der Waals surface area contributed by atoms with Crippen LogP contribution >= 0.6 is 12.4 Å². The quantitative estimate of drug-likeness (QED) is 0.875. The van der Waals surface area contributed by atoms with Crippen molar-refractivity contribution in [2.75, 3.05) is 20.2 Å². The van der Waals surface area contributed by atoms with Crippen molar-refractivity contribution < 1.29 is 9.53 Å². The summed E-state index contributed by atoms with van der Waals surface area (Å²) < 4.78 is 5.18. The molecule has 0 radical (unpaired) electrons. The van der Waals surface area contributed by atoms with Crippen LogP contribution in [0.25, 0.3) is 11.1 Å². The Balaban J connectivity index is 0.00000208. The second-order valence-corrected chi connectivity index (χ2v) is 5.83. The SMILES string of the molecule is COc1ccc(-c2ccc(CNC(=O)C3CCNC3)cc2)cc1.Cl. The highest BCUT2D eigenvalue weighted by Gasteiger charge is 2.21. The summed E-state index contributed by atoms with van der Waals surface area (Å²) >= 11 is 0. The molecule has 2 aromatic carbocycles. The number of ether oxygens (including phenoxy) is 1. The molecule has 1 aliphatic heterocycles. The highest BCUT2D eigenvalue weighted by molar-refractivity contribution is 5.85. The van der Waals surface area contributed by atoms with Crippen LogP contribution in [0.1, 0.15) is 12.0 Å². The summed E-state index contributed by atoms with van der Waals surface area (Å²) in [6.45, 7) is 2.31. The molecular weight excluding hydrogens is 324 g/mol. The normalized spacial score (nSPS) is 16.3. The minimum absolute atomic E-state index is 0. The number of hydrogen-bond donors (Lipinski definition) is 2. The molecule has 2 aromatic rings. The average Bonchev–Trinajstić information content (AvgIpc) is 3.15. The van der Waals surface area contributed by atoms with Crippen LogP contribution in [0.5, 0.6) is 5.75 Å². The van der Waals surface area contributed by atoms with Crippen molar-refractivity contribution in [2.24, 2.45) is 5.92 Å². The number of benzene rings is 2. The fraction of sp³-hybridized carbons (Fsp3) is 0.316. The van der Waals surface area contributed by atoms with Gasteiger partial charge >= 0.3 is 0 Å².